The number of H-pyrrole nitrogens is 1. The summed E-state index contributed by atoms with van der Waals surface area (Å²) in [4.78, 5) is 12.1. The molecule has 0 bridgehead atoms. The lowest BCUT2D eigenvalue weighted by atomic mass is 9.82. The van der Waals surface area contributed by atoms with Gasteiger partial charge in [-0.2, -0.15) is 15.4 Å². The molecule has 1 aromatic rings. The Bertz CT molecular complexity index is 356. The molecule has 6 heteroatoms. The van der Waals surface area contributed by atoms with Crippen LogP contribution in [0.4, 0.5) is 0 Å². The summed E-state index contributed by atoms with van der Waals surface area (Å²) < 4.78 is 0. The first-order valence-corrected chi connectivity index (χ1v) is 6.04. The average Bonchev–Trinajstić information content (AvgIpc) is 2.83. The van der Waals surface area contributed by atoms with Crippen LogP contribution in [0.15, 0.2) is 6.20 Å². The Kier molecular flexibility index (Phi) is 3.73. The van der Waals surface area contributed by atoms with Crippen LogP contribution >= 0.6 is 0 Å². The third-order valence-corrected chi connectivity index (χ3v) is 3.28. The first kappa shape index (κ1) is 12.0. The number of carbonyl (C=O) groups excluding carboxylic acids is 1. The van der Waals surface area contributed by atoms with Gasteiger partial charge >= 0.3 is 0 Å². The Labute approximate surface area is 101 Å². The van der Waals surface area contributed by atoms with Crippen LogP contribution in [0.3, 0.4) is 0 Å². The smallest absolute Gasteiger partial charge is 0.227 e. The maximum atomic E-state index is 12.1. The molecule has 94 valence electrons. The molecule has 1 atom stereocenters. The second-order valence-corrected chi connectivity index (χ2v) is 4.81. The largest absolute Gasteiger partial charge is 0.355 e. The van der Waals surface area contributed by atoms with Gasteiger partial charge in [-0.15, -0.1) is 0 Å². The molecule has 1 unspecified atom stereocenters. The highest BCUT2D eigenvalue weighted by Gasteiger charge is 2.34. The molecule has 1 saturated heterocycles. The lowest BCUT2D eigenvalue weighted by Crippen LogP contribution is -2.49. The van der Waals surface area contributed by atoms with Crippen LogP contribution < -0.4 is 10.6 Å². The first-order valence-electron chi connectivity index (χ1n) is 6.04. The van der Waals surface area contributed by atoms with E-state index in [-0.39, 0.29) is 11.3 Å². The maximum absolute atomic E-state index is 12.1. The minimum absolute atomic E-state index is 0.133. The fourth-order valence-electron chi connectivity index (χ4n) is 2.11. The zero-order valence-corrected chi connectivity index (χ0v) is 10.1. The normalized spacial score (nSPS) is 24.5. The fourth-order valence-corrected chi connectivity index (χ4v) is 2.11. The van der Waals surface area contributed by atoms with Crippen LogP contribution in [-0.2, 0) is 11.2 Å². The zero-order chi connectivity index (χ0) is 12.1. The Balaban J connectivity index is 1.76. The molecule has 1 amide bonds. The number of rotatable bonds is 4. The van der Waals surface area contributed by atoms with Crippen LogP contribution in [0, 0.1) is 5.41 Å². The number of piperidine rings is 1. The molecular formula is C11H19N5O. The van der Waals surface area contributed by atoms with Crippen molar-refractivity contribution >= 4 is 5.91 Å². The number of hydrogen-bond donors (Lipinski definition) is 3. The molecule has 0 spiro atoms. The Hall–Kier alpha value is -1.43. The van der Waals surface area contributed by atoms with E-state index in [4.69, 9.17) is 0 Å². The number of aromatic amines is 1. The topological polar surface area (TPSA) is 82.7 Å². The summed E-state index contributed by atoms with van der Waals surface area (Å²) in [5.74, 6) is 0.133. The predicted molar refractivity (Wildman–Crippen MR) is 63.3 cm³/mol. The highest BCUT2D eigenvalue weighted by molar-refractivity contribution is 5.82. The molecule has 1 aliphatic heterocycles. The molecule has 2 rings (SSSR count). The van der Waals surface area contributed by atoms with E-state index in [1.54, 1.807) is 6.20 Å². The Morgan fingerprint density at radius 1 is 1.65 bits per heavy atom. The van der Waals surface area contributed by atoms with Gasteiger partial charge in [0, 0.05) is 19.5 Å². The lowest BCUT2D eigenvalue weighted by Gasteiger charge is -2.32. The van der Waals surface area contributed by atoms with Crippen molar-refractivity contribution in [3.8, 4) is 0 Å². The van der Waals surface area contributed by atoms with Crippen molar-refractivity contribution in [1.82, 2.24) is 26.0 Å². The van der Waals surface area contributed by atoms with E-state index < -0.39 is 0 Å². The number of carbonyl (C=O) groups is 1. The second-order valence-electron chi connectivity index (χ2n) is 4.81. The summed E-state index contributed by atoms with van der Waals surface area (Å²) in [5, 5.41) is 16.5. The number of aromatic nitrogens is 3. The third-order valence-electron chi connectivity index (χ3n) is 3.28. The Morgan fingerprint density at radius 2 is 2.53 bits per heavy atom. The van der Waals surface area contributed by atoms with Gasteiger partial charge in [0.05, 0.1) is 17.3 Å². The molecule has 1 aliphatic rings. The molecule has 0 aromatic carbocycles. The molecule has 0 radical (unpaired) electrons. The van der Waals surface area contributed by atoms with Gasteiger partial charge in [0.1, 0.15) is 0 Å². The number of nitrogens with zero attached hydrogens (tertiary/aromatic N) is 2. The molecule has 1 fully saturated rings. The van der Waals surface area contributed by atoms with E-state index >= 15 is 0 Å². The van der Waals surface area contributed by atoms with E-state index in [0.29, 0.717) is 13.0 Å². The monoisotopic (exact) mass is 237 g/mol. The summed E-state index contributed by atoms with van der Waals surface area (Å²) >= 11 is 0. The van der Waals surface area contributed by atoms with Crippen LogP contribution in [0.5, 0.6) is 0 Å². The van der Waals surface area contributed by atoms with Crippen molar-refractivity contribution in [3.63, 3.8) is 0 Å². The van der Waals surface area contributed by atoms with Gasteiger partial charge in [-0.3, -0.25) is 4.79 Å². The SMILES string of the molecule is CC1(C(=O)NCCc2cn[nH]n2)CCCNC1. The fraction of sp³-hybridized carbons (Fsp3) is 0.727. The van der Waals surface area contributed by atoms with Gasteiger partial charge in [0.2, 0.25) is 5.91 Å². The summed E-state index contributed by atoms with van der Waals surface area (Å²) in [5.41, 5.74) is 0.611. The van der Waals surface area contributed by atoms with Crippen LogP contribution in [0.1, 0.15) is 25.5 Å². The van der Waals surface area contributed by atoms with Gasteiger partial charge in [-0.25, -0.2) is 0 Å². The van der Waals surface area contributed by atoms with Crippen molar-refractivity contribution < 1.29 is 4.79 Å². The molecule has 17 heavy (non-hydrogen) atoms. The van der Waals surface area contributed by atoms with E-state index in [1.165, 1.54) is 0 Å². The summed E-state index contributed by atoms with van der Waals surface area (Å²) in [6, 6.07) is 0. The molecular weight excluding hydrogens is 218 g/mol. The van der Waals surface area contributed by atoms with Gasteiger partial charge < -0.3 is 10.6 Å². The molecule has 0 aliphatic carbocycles. The third kappa shape index (κ3) is 3.03. The zero-order valence-electron chi connectivity index (χ0n) is 10.1. The van der Waals surface area contributed by atoms with E-state index in [9.17, 15) is 4.79 Å². The first-order chi connectivity index (χ1) is 8.21. The van der Waals surface area contributed by atoms with Gasteiger partial charge in [-0.1, -0.05) is 0 Å². The Morgan fingerprint density at radius 3 is 3.18 bits per heavy atom. The standard InChI is InChI=1S/C11H19N5O/c1-11(4-2-5-12-8-11)10(17)13-6-3-9-7-14-16-15-9/h7,12H,2-6,8H2,1H3,(H,13,17)(H,14,15,16). The average molecular weight is 237 g/mol. The van der Waals surface area contributed by atoms with Gasteiger partial charge in [0.15, 0.2) is 0 Å². The van der Waals surface area contributed by atoms with Crippen molar-refractivity contribution in [2.45, 2.75) is 26.2 Å². The van der Waals surface area contributed by atoms with Crippen molar-refractivity contribution in [2.24, 2.45) is 5.41 Å². The molecule has 1 aromatic heterocycles. The minimum Gasteiger partial charge on any atom is -0.355 e. The number of hydrogen-bond acceptors (Lipinski definition) is 4. The van der Waals surface area contributed by atoms with Crippen molar-refractivity contribution in [1.29, 1.82) is 0 Å². The van der Waals surface area contributed by atoms with E-state index in [1.807, 2.05) is 6.92 Å². The van der Waals surface area contributed by atoms with Crippen molar-refractivity contribution in [2.75, 3.05) is 19.6 Å². The van der Waals surface area contributed by atoms with Crippen LogP contribution in [-0.4, -0.2) is 41.0 Å². The van der Waals surface area contributed by atoms with Crippen molar-refractivity contribution in [3.05, 3.63) is 11.9 Å². The summed E-state index contributed by atoms with van der Waals surface area (Å²) in [6.45, 7) is 4.41. The molecule has 2 heterocycles. The molecule has 3 N–H and O–H groups in total. The van der Waals surface area contributed by atoms with Crippen LogP contribution in [0.25, 0.3) is 0 Å². The summed E-state index contributed by atoms with van der Waals surface area (Å²) in [6.07, 6.45) is 4.41. The number of amides is 1. The predicted octanol–water partition coefficient (Wildman–Crippen LogP) is -0.147. The van der Waals surface area contributed by atoms with Gasteiger partial charge in [0.25, 0.3) is 0 Å². The quantitative estimate of drug-likeness (QED) is 0.680. The highest BCUT2D eigenvalue weighted by atomic mass is 16.2. The molecule has 0 saturated carbocycles. The maximum Gasteiger partial charge on any atom is 0.227 e. The number of nitrogens with one attached hydrogen (secondary N) is 3. The minimum atomic E-state index is -0.262. The lowest BCUT2D eigenvalue weighted by molar-refractivity contribution is -0.131. The van der Waals surface area contributed by atoms with E-state index in [0.717, 1.165) is 31.6 Å². The summed E-state index contributed by atoms with van der Waals surface area (Å²) in [7, 11) is 0. The van der Waals surface area contributed by atoms with Gasteiger partial charge in [-0.05, 0) is 26.3 Å². The molecule has 6 nitrogen and oxygen atoms in total. The van der Waals surface area contributed by atoms with Crippen LogP contribution in [0.2, 0.25) is 0 Å². The second kappa shape index (κ2) is 5.27. The highest BCUT2D eigenvalue weighted by Crippen LogP contribution is 2.25. The van der Waals surface area contributed by atoms with E-state index in [2.05, 4.69) is 26.0 Å².